The summed E-state index contributed by atoms with van der Waals surface area (Å²) in [4.78, 5) is 14.7. The fourth-order valence-electron chi connectivity index (χ4n) is 3.84. The van der Waals surface area contributed by atoms with Gasteiger partial charge in [-0.15, -0.1) is 11.3 Å². The van der Waals surface area contributed by atoms with Crippen molar-refractivity contribution >= 4 is 32.7 Å². The van der Waals surface area contributed by atoms with Crippen LogP contribution in [0.4, 0.5) is 11.4 Å². The van der Waals surface area contributed by atoms with Gasteiger partial charge in [0.25, 0.3) is 5.69 Å². The lowest BCUT2D eigenvalue weighted by Gasteiger charge is -2.27. The Hall–Kier alpha value is -2.01. The van der Waals surface area contributed by atoms with Crippen LogP contribution in [0.1, 0.15) is 37.6 Å². The zero-order valence-electron chi connectivity index (χ0n) is 17.3. The van der Waals surface area contributed by atoms with Crippen molar-refractivity contribution in [3.63, 3.8) is 0 Å². The Bertz CT molecular complexity index is 953. The number of hydrogen-bond donors (Lipinski definition) is 1. The van der Waals surface area contributed by atoms with Crippen LogP contribution in [0.2, 0.25) is 0 Å². The average molecular weight is 453 g/mol. The van der Waals surface area contributed by atoms with Crippen molar-refractivity contribution in [1.29, 1.82) is 0 Å². The molecule has 30 heavy (non-hydrogen) atoms. The molecule has 1 saturated heterocycles. The molecule has 0 bridgehead atoms. The lowest BCUT2D eigenvalue weighted by molar-refractivity contribution is -0.384. The highest BCUT2D eigenvalue weighted by Crippen LogP contribution is 2.32. The minimum Gasteiger partial charge on any atom is -0.378 e. The monoisotopic (exact) mass is 452 g/mol. The molecule has 3 rings (SSSR count). The Labute approximate surface area is 181 Å². The second-order valence-corrected chi connectivity index (χ2v) is 10.1. The maximum Gasteiger partial charge on any atom is 0.293 e. The molecule has 1 N–H and O–H groups in total. The first-order chi connectivity index (χ1) is 14.4. The van der Waals surface area contributed by atoms with Crippen LogP contribution in [0.5, 0.6) is 0 Å². The summed E-state index contributed by atoms with van der Waals surface area (Å²) in [6.07, 6.45) is 2.31. The van der Waals surface area contributed by atoms with Gasteiger partial charge < -0.3 is 5.32 Å². The van der Waals surface area contributed by atoms with Crippen LogP contribution < -0.4 is 5.32 Å². The van der Waals surface area contributed by atoms with Gasteiger partial charge in [-0.3, -0.25) is 15.0 Å². The summed E-state index contributed by atoms with van der Waals surface area (Å²) >= 11 is 1.68. The quantitative estimate of drug-likeness (QED) is 0.433. The fraction of sp³-hybridized carbons (Fsp3) is 0.500. The summed E-state index contributed by atoms with van der Waals surface area (Å²) in [5, 5.41) is 16.9. The zero-order chi connectivity index (χ0) is 21.7. The third kappa shape index (κ3) is 4.83. The molecule has 0 radical (unpaired) electrons. The Kier molecular flexibility index (Phi) is 7.45. The van der Waals surface area contributed by atoms with Crippen molar-refractivity contribution < 1.29 is 13.3 Å². The summed E-state index contributed by atoms with van der Waals surface area (Å²) in [7, 11) is -3.76. The van der Waals surface area contributed by atoms with Gasteiger partial charge >= 0.3 is 0 Å². The number of nitrogens with zero attached hydrogens (tertiary/aromatic N) is 3. The molecule has 164 valence electrons. The first-order valence-electron chi connectivity index (χ1n) is 10.2. The SMILES string of the molecule is CCN(CC)S(=O)(=O)c1ccc(NCC(c2cccs2)N2CCCC2)c([N+](=O)[O-])c1. The van der Waals surface area contributed by atoms with Gasteiger partial charge in [-0.2, -0.15) is 4.31 Å². The normalized spacial score (nSPS) is 16.1. The number of benzene rings is 1. The summed E-state index contributed by atoms with van der Waals surface area (Å²) in [5.41, 5.74) is 0.105. The van der Waals surface area contributed by atoms with E-state index >= 15 is 0 Å². The maximum atomic E-state index is 12.8. The molecule has 0 amide bonds. The standard InChI is InChI=1S/C20H28N4O4S2/c1-3-23(4-2)30(27,28)16-9-10-17(18(14-16)24(25)26)21-15-19(20-8-7-13-29-20)22-11-5-6-12-22/h7-10,13-14,19,21H,3-6,11-12,15H2,1-2H3. The summed E-state index contributed by atoms with van der Waals surface area (Å²) in [5.74, 6) is 0. The van der Waals surface area contributed by atoms with Crippen molar-refractivity contribution in [2.45, 2.75) is 37.6 Å². The Balaban J connectivity index is 1.86. The smallest absolute Gasteiger partial charge is 0.293 e. The van der Waals surface area contributed by atoms with Crippen molar-refractivity contribution in [3.8, 4) is 0 Å². The van der Waals surface area contributed by atoms with Crippen LogP contribution >= 0.6 is 11.3 Å². The lowest BCUT2D eigenvalue weighted by atomic mass is 10.2. The van der Waals surface area contributed by atoms with E-state index in [0.717, 1.165) is 32.0 Å². The van der Waals surface area contributed by atoms with Gasteiger partial charge in [0.2, 0.25) is 10.0 Å². The van der Waals surface area contributed by atoms with Gasteiger partial charge in [-0.1, -0.05) is 19.9 Å². The van der Waals surface area contributed by atoms with Crippen LogP contribution in [0.25, 0.3) is 0 Å². The van der Waals surface area contributed by atoms with Crippen molar-refractivity contribution in [2.24, 2.45) is 0 Å². The zero-order valence-corrected chi connectivity index (χ0v) is 18.9. The molecule has 1 aromatic carbocycles. The molecule has 1 fully saturated rings. The fourth-order valence-corrected chi connectivity index (χ4v) is 6.17. The van der Waals surface area contributed by atoms with E-state index in [0.29, 0.717) is 25.3 Å². The van der Waals surface area contributed by atoms with Crippen LogP contribution in [0, 0.1) is 10.1 Å². The highest BCUT2D eigenvalue weighted by atomic mass is 32.2. The number of anilines is 1. The van der Waals surface area contributed by atoms with E-state index in [1.54, 1.807) is 25.2 Å². The largest absolute Gasteiger partial charge is 0.378 e. The van der Waals surface area contributed by atoms with E-state index in [4.69, 9.17) is 0 Å². The van der Waals surface area contributed by atoms with E-state index in [9.17, 15) is 18.5 Å². The molecule has 2 heterocycles. The van der Waals surface area contributed by atoms with Crippen molar-refractivity contribution in [1.82, 2.24) is 9.21 Å². The summed E-state index contributed by atoms with van der Waals surface area (Å²) in [6, 6.07) is 8.34. The van der Waals surface area contributed by atoms with Crippen LogP contribution in [0.3, 0.4) is 0 Å². The predicted octanol–water partition coefficient (Wildman–Crippen LogP) is 3.94. The first-order valence-corrected chi connectivity index (χ1v) is 12.5. The van der Waals surface area contributed by atoms with Crippen molar-refractivity contribution in [3.05, 3.63) is 50.7 Å². The predicted molar refractivity (Wildman–Crippen MR) is 120 cm³/mol. The number of nitro groups is 1. The number of likely N-dealkylation sites (tertiary alicyclic amines) is 1. The molecule has 0 saturated carbocycles. The van der Waals surface area contributed by atoms with Gasteiger partial charge in [0.05, 0.1) is 15.9 Å². The van der Waals surface area contributed by atoms with E-state index < -0.39 is 14.9 Å². The lowest BCUT2D eigenvalue weighted by Crippen LogP contribution is -2.31. The molecule has 1 unspecified atom stereocenters. The minimum absolute atomic E-state index is 0.0576. The molecule has 2 aromatic rings. The highest BCUT2D eigenvalue weighted by molar-refractivity contribution is 7.89. The average Bonchev–Trinajstić information content (AvgIpc) is 3.43. The number of nitrogens with one attached hydrogen (secondary N) is 1. The summed E-state index contributed by atoms with van der Waals surface area (Å²) in [6.45, 7) is 6.64. The molecule has 1 aliphatic heterocycles. The van der Waals surface area contributed by atoms with E-state index in [1.807, 2.05) is 11.4 Å². The topological polar surface area (TPSA) is 95.8 Å². The third-order valence-electron chi connectivity index (χ3n) is 5.45. The van der Waals surface area contributed by atoms with Gasteiger partial charge in [0.1, 0.15) is 5.69 Å². The van der Waals surface area contributed by atoms with Gasteiger partial charge in [-0.25, -0.2) is 8.42 Å². The minimum atomic E-state index is -3.76. The highest BCUT2D eigenvalue weighted by Gasteiger charge is 2.28. The number of hydrogen-bond acceptors (Lipinski definition) is 7. The molecule has 0 spiro atoms. The third-order valence-corrected chi connectivity index (χ3v) is 8.47. The first kappa shape index (κ1) is 22.7. The Morgan fingerprint density at radius 3 is 2.50 bits per heavy atom. The van der Waals surface area contributed by atoms with Gasteiger partial charge in [0.15, 0.2) is 0 Å². The number of sulfonamides is 1. The number of rotatable bonds is 10. The van der Waals surface area contributed by atoms with Gasteiger partial charge in [-0.05, 0) is 49.5 Å². The van der Waals surface area contributed by atoms with E-state index in [2.05, 4.69) is 16.3 Å². The van der Waals surface area contributed by atoms with E-state index in [-0.39, 0.29) is 16.6 Å². The molecular formula is C20H28N4O4S2. The van der Waals surface area contributed by atoms with Gasteiger partial charge in [0, 0.05) is 30.6 Å². The van der Waals surface area contributed by atoms with Crippen LogP contribution in [0.15, 0.2) is 40.6 Å². The molecule has 10 heteroatoms. The van der Waals surface area contributed by atoms with E-state index in [1.165, 1.54) is 21.3 Å². The van der Waals surface area contributed by atoms with Crippen LogP contribution in [-0.2, 0) is 10.0 Å². The molecular weight excluding hydrogens is 424 g/mol. The van der Waals surface area contributed by atoms with Crippen molar-refractivity contribution in [2.75, 3.05) is 38.0 Å². The Morgan fingerprint density at radius 2 is 1.93 bits per heavy atom. The molecule has 1 atom stereocenters. The molecule has 1 aromatic heterocycles. The molecule has 0 aliphatic carbocycles. The second-order valence-electron chi connectivity index (χ2n) is 7.18. The maximum absolute atomic E-state index is 12.8. The molecule has 8 nitrogen and oxygen atoms in total. The Morgan fingerprint density at radius 1 is 1.23 bits per heavy atom. The number of thiophene rings is 1. The molecule has 1 aliphatic rings. The van der Waals surface area contributed by atoms with Crippen LogP contribution in [-0.4, -0.2) is 55.3 Å². The second kappa shape index (κ2) is 9.86. The summed E-state index contributed by atoms with van der Waals surface area (Å²) < 4.78 is 26.8. The number of nitro benzene ring substituents is 1.